The summed E-state index contributed by atoms with van der Waals surface area (Å²) in [5.41, 5.74) is 0.721. The van der Waals surface area contributed by atoms with E-state index in [1.165, 1.54) is 36.4 Å². The summed E-state index contributed by atoms with van der Waals surface area (Å²) in [6.07, 6.45) is 0. The van der Waals surface area contributed by atoms with Gasteiger partial charge in [-0.25, -0.2) is 17.5 Å². The summed E-state index contributed by atoms with van der Waals surface area (Å²) < 4.78 is 46.3. The van der Waals surface area contributed by atoms with Crippen LogP contribution in [0.4, 0.5) is 10.1 Å². The molecule has 9 heteroatoms. The van der Waals surface area contributed by atoms with Gasteiger partial charge in [0.2, 0.25) is 10.0 Å². The molecular formula is C20H17FN2O5S. The van der Waals surface area contributed by atoms with Crippen molar-refractivity contribution in [2.45, 2.75) is 18.4 Å². The van der Waals surface area contributed by atoms with E-state index in [4.69, 9.17) is 4.74 Å². The van der Waals surface area contributed by atoms with E-state index < -0.39 is 14.9 Å². The van der Waals surface area contributed by atoms with Crippen LogP contribution in [0.5, 0.6) is 11.5 Å². The number of hydrogen-bond donors (Lipinski definition) is 1. The molecule has 3 aromatic rings. The number of nitrogens with one attached hydrogen (secondary N) is 1. The molecule has 7 nitrogen and oxygen atoms in total. The SMILES string of the molecule is Cc1ccc([N+](=O)[O-])cc1S(=O)(=O)NCc1cccc(Oc2ccc(F)cc2)c1. The van der Waals surface area contributed by atoms with Crippen molar-refractivity contribution in [2.24, 2.45) is 0 Å². The molecule has 29 heavy (non-hydrogen) atoms. The van der Waals surface area contributed by atoms with Gasteiger partial charge in [-0.15, -0.1) is 0 Å². The molecule has 0 aliphatic heterocycles. The Morgan fingerprint density at radius 1 is 1.03 bits per heavy atom. The van der Waals surface area contributed by atoms with Crippen LogP contribution >= 0.6 is 0 Å². The van der Waals surface area contributed by atoms with Crippen molar-refractivity contribution in [3.63, 3.8) is 0 Å². The molecule has 0 aliphatic rings. The summed E-state index contributed by atoms with van der Waals surface area (Å²) in [7, 11) is -3.96. The molecule has 0 saturated heterocycles. The zero-order valence-electron chi connectivity index (χ0n) is 15.3. The zero-order valence-corrected chi connectivity index (χ0v) is 16.1. The van der Waals surface area contributed by atoms with Crippen LogP contribution in [0.1, 0.15) is 11.1 Å². The van der Waals surface area contributed by atoms with Gasteiger partial charge in [0.05, 0.1) is 9.82 Å². The lowest BCUT2D eigenvalue weighted by Gasteiger charge is -2.11. The Morgan fingerprint density at radius 2 is 1.76 bits per heavy atom. The fourth-order valence-electron chi connectivity index (χ4n) is 2.61. The number of rotatable bonds is 7. The van der Waals surface area contributed by atoms with Gasteiger partial charge in [-0.2, -0.15) is 0 Å². The van der Waals surface area contributed by atoms with Crippen molar-refractivity contribution in [2.75, 3.05) is 0 Å². The number of nitrogens with zero attached hydrogens (tertiary/aromatic N) is 1. The van der Waals surface area contributed by atoms with Gasteiger partial charge in [-0.05, 0) is 54.4 Å². The summed E-state index contributed by atoms with van der Waals surface area (Å²) >= 11 is 0. The summed E-state index contributed by atoms with van der Waals surface area (Å²) in [5, 5.41) is 10.9. The van der Waals surface area contributed by atoms with E-state index in [-0.39, 0.29) is 22.9 Å². The number of hydrogen-bond acceptors (Lipinski definition) is 5. The maximum atomic E-state index is 13.0. The van der Waals surface area contributed by atoms with Crippen LogP contribution in [0.25, 0.3) is 0 Å². The number of aryl methyl sites for hydroxylation is 1. The van der Waals surface area contributed by atoms with E-state index in [9.17, 15) is 22.9 Å². The molecule has 3 rings (SSSR count). The predicted octanol–water partition coefficient (Wildman–Crippen LogP) is 4.31. The molecular weight excluding hydrogens is 399 g/mol. The first-order chi connectivity index (χ1) is 13.7. The summed E-state index contributed by atoms with van der Waals surface area (Å²) in [5.74, 6) is 0.521. The molecule has 0 amide bonds. The minimum absolute atomic E-state index is 0.0366. The molecule has 0 atom stereocenters. The molecule has 3 aromatic carbocycles. The average Bonchev–Trinajstić information content (AvgIpc) is 2.69. The molecule has 0 aliphatic carbocycles. The van der Waals surface area contributed by atoms with Crippen molar-refractivity contribution >= 4 is 15.7 Å². The minimum atomic E-state index is -3.96. The van der Waals surface area contributed by atoms with Gasteiger partial charge in [0.25, 0.3) is 5.69 Å². The quantitative estimate of drug-likeness (QED) is 0.457. The molecule has 0 bridgehead atoms. The van der Waals surface area contributed by atoms with E-state index in [0.29, 0.717) is 22.6 Å². The third-order valence-electron chi connectivity index (χ3n) is 4.09. The van der Waals surface area contributed by atoms with Gasteiger partial charge in [-0.3, -0.25) is 10.1 Å². The number of benzene rings is 3. The second-order valence-corrected chi connectivity index (χ2v) is 7.97. The molecule has 1 N–H and O–H groups in total. The Balaban J connectivity index is 1.75. The maximum absolute atomic E-state index is 13.0. The van der Waals surface area contributed by atoms with Crippen LogP contribution in [-0.2, 0) is 16.6 Å². The highest BCUT2D eigenvalue weighted by atomic mass is 32.2. The third kappa shape index (κ3) is 5.15. The van der Waals surface area contributed by atoms with Crippen molar-refractivity contribution < 1.29 is 22.5 Å². The lowest BCUT2D eigenvalue weighted by Crippen LogP contribution is -2.24. The Bertz CT molecular complexity index is 1150. The largest absolute Gasteiger partial charge is 0.457 e. The van der Waals surface area contributed by atoms with Gasteiger partial charge in [0.1, 0.15) is 17.3 Å². The fraction of sp³-hybridized carbons (Fsp3) is 0.100. The molecule has 0 radical (unpaired) electrons. The van der Waals surface area contributed by atoms with Crippen LogP contribution in [0, 0.1) is 22.9 Å². The lowest BCUT2D eigenvalue weighted by molar-refractivity contribution is -0.385. The Hall–Kier alpha value is -3.30. The first-order valence-corrected chi connectivity index (χ1v) is 10.00. The van der Waals surface area contributed by atoms with Gasteiger partial charge in [0, 0.05) is 18.7 Å². The number of ether oxygens (including phenoxy) is 1. The predicted molar refractivity (Wildman–Crippen MR) is 105 cm³/mol. The molecule has 0 saturated carbocycles. The van der Waals surface area contributed by atoms with E-state index in [2.05, 4.69) is 4.72 Å². The smallest absolute Gasteiger partial charge is 0.270 e. The van der Waals surface area contributed by atoms with Crippen molar-refractivity contribution in [1.82, 2.24) is 4.72 Å². The van der Waals surface area contributed by atoms with Crippen LogP contribution in [0.15, 0.2) is 71.6 Å². The topological polar surface area (TPSA) is 98.5 Å². The highest BCUT2D eigenvalue weighted by Crippen LogP contribution is 2.24. The highest BCUT2D eigenvalue weighted by molar-refractivity contribution is 7.89. The second kappa shape index (κ2) is 8.38. The van der Waals surface area contributed by atoms with Crippen LogP contribution < -0.4 is 9.46 Å². The Morgan fingerprint density at radius 3 is 2.45 bits per heavy atom. The number of halogens is 1. The first-order valence-electron chi connectivity index (χ1n) is 8.52. The van der Waals surface area contributed by atoms with E-state index >= 15 is 0 Å². The third-order valence-corrected chi connectivity index (χ3v) is 5.63. The van der Waals surface area contributed by atoms with E-state index in [1.807, 2.05) is 0 Å². The molecule has 0 aromatic heterocycles. The van der Waals surface area contributed by atoms with E-state index in [0.717, 1.165) is 6.07 Å². The zero-order chi connectivity index (χ0) is 21.0. The maximum Gasteiger partial charge on any atom is 0.270 e. The Kier molecular flexibility index (Phi) is 5.90. The van der Waals surface area contributed by atoms with E-state index in [1.54, 1.807) is 31.2 Å². The summed E-state index contributed by atoms with van der Waals surface area (Å²) in [6.45, 7) is 1.53. The molecule has 0 spiro atoms. The molecule has 150 valence electrons. The van der Waals surface area contributed by atoms with Gasteiger partial charge in [-0.1, -0.05) is 18.2 Å². The number of sulfonamides is 1. The number of non-ortho nitro benzene ring substituents is 1. The van der Waals surface area contributed by atoms with Crippen molar-refractivity contribution in [3.05, 3.63) is 93.8 Å². The number of nitro benzene ring substituents is 1. The normalized spacial score (nSPS) is 11.2. The van der Waals surface area contributed by atoms with Crippen molar-refractivity contribution in [3.8, 4) is 11.5 Å². The Labute approximate surface area is 167 Å². The molecule has 0 unspecified atom stereocenters. The monoisotopic (exact) mass is 416 g/mol. The fourth-order valence-corrected chi connectivity index (χ4v) is 3.89. The second-order valence-electron chi connectivity index (χ2n) is 6.23. The summed E-state index contributed by atoms with van der Waals surface area (Å²) in [6, 6.07) is 15.9. The lowest BCUT2D eigenvalue weighted by atomic mass is 10.2. The number of nitro groups is 1. The van der Waals surface area contributed by atoms with Crippen molar-refractivity contribution in [1.29, 1.82) is 0 Å². The molecule has 0 heterocycles. The standard InChI is InChI=1S/C20H17FN2O5S/c1-14-5-8-17(23(24)25)12-20(14)29(26,27)22-13-15-3-2-4-19(11-15)28-18-9-6-16(21)7-10-18/h2-12,22H,13H2,1H3. The highest BCUT2D eigenvalue weighted by Gasteiger charge is 2.20. The van der Waals surface area contributed by atoms with Crippen LogP contribution in [0.2, 0.25) is 0 Å². The average molecular weight is 416 g/mol. The van der Waals surface area contributed by atoms with Gasteiger partial charge in [0.15, 0.2) is 0 Å². The van der Waals surface area contributed by atoms with Gasteiger partial charge < -0.3 is 4.74 Å². The summed E-state index contributed by atoms with van der Waals surface area (Å²) in [4.78, 5) is 10.1. The molecule has 0 fully saturated rings. The first kappa shape index (κ1) is 20.4. The minimum Gasteiger partial charge on any atom is -0.457 e. The van der Waals surface area contributed by atoms with Crippen LogP contribution in [-0.4, -0.2) is 13.3 Å². The van der Waals surface area contributed by atoms with Gasteiger partial charge >= 0.3 is 0 Å². The van der Waals surface area contributed by atoms with Crippen LogP contribution in [0.3, 0.4) is 0 Å².